The summed E-state index contributed by atoms with van der Waals surface area (Å²) in [7, 11) is 5.40. The first kappa shape index (κ1) is 60.2. The van der Waals surface area contributed by atoms with E-state index in [0.717, 1.165) is 18.2 Å². The Kier molecular flexibility index (Phi) is 18.2. The highest BCUT2D eigenvalue weighted by Gasteiger charge is 2.42. The maximum atomic E-state index is 15.6. The van der Waals surface area contributed by atoms with Gasteiger partial charge in [-0.25, -0.2) is 4.79 Å². The van der Waals surface area contributed by atoms with Gasteiger partial charge in [-0.3, -0.25) is 33.6 Å². The standard InChI is InChI=1S/C56H58Cl2N8O17/c1-22(2)13-32(60-3)50(71)65-45-47(68)24-8-11-35(30(57)15-24)82-38-17-26-18-39(49(38)70)83-36-12-9-25(16-31(36)58)48(69)46-55(76)64-44(56(77)78)29-19-27(79-4)20-37(81-6)41(29)28-14-23(7-10-34(28)80-5)42(52(73)66-46)63-53(74)43(26)62-51(72)33(21-40(59)67)61-54(45)75/h7-12,14-20,22,32-33,42-48,60,68-70H,13,21H2,1-6H3,(H2,59,67)(H,61,75)(H,62,72)(H,63,74)(H,64,76)(H,65,71)(H,66,73)(H,77,78)/t32-,33+,42-,43-,44-,45-,46+,47-,48-/m1/s1. The van der Waals surface area contributed by atoms with Gasteiger partial charge in [0.2, 0.25) is 47.1 Å². The molecule has 83 heavy (non-hydrogen) atoms. The first-order chi connectivity index (χ1) is 39.4. The lowest BCUT2D eigenvalue weighted by molar-refractivity contribution is -0.143. The van der Waals surface area contributed by atoms with Gasteiger partial charge in [0.25, 0.3) is 0 Å². The Balaban J connectivity index is 1.38. The maximum absolute atomic E-state index is 15.6. The molecule has 7 amide bonds. The Hall–Kier alpha value is -8.88. The normalized spacial score (nSPS) is 21.9. The van der Waals surface area contributed by atoms with Gasteiger partial charge >= 0.3 is 5.97 Å². The number of primary amides is 1. The largest absolute Gasteiger partial charge is 0.502 e. The quantitative estimate of drug-likeness (QED) is 0.0902. The van der Waals surface area contributed by atoms with Crippen molar-refractivity contribution < 1.29 is 82.5 Å². The molecule has 0 aromatic heterocycles. The molecule has 9 atom stereocenters. The van der Waals surface area contributed by atoms with Crippen molar-refractivity contribution in [3.63, 3.8) is 0 Å². The van der Waals surface area contributed by atoms with Crippen LogP contribution in [0.3, 0.4) is 0 Å². The van der Waals surface area contributed by atoms with E-state index in [-0.39, 0.29) is 90.1 Å². The van der Waals surface area contributed by atoms with Crippen molar-refractivity contribution in [2.45, 2.75) is 81.2 Å². The molecule has 0 saturated heterocycles. The molecule has 5 aliphatic heterocycles. The third-order valence-corrected chi connectivity index (χ3v) is 14.6. The van der Waals surface area contributed by atoms with Gasteiger partial charge < -0.3 is 87.1 Å². The number of carboxylic acid groups (broad SMARTS) is 1. The van der Waals surface area contributed by atoms with Gasteiger partial charge in [0.05, 0.1) is 43.8 Å². The van der Waals surface area contributed by atoms with Crippen LogP contribution in [-0.4, -0.2) is 120 Å². The average molecular weight is 1190 g/mol. The Labute approximate surface area is 483 Å². The van der Waals surface area contributed by atoms with Crippen LogP contribution in [0.4, 0.5) is 0 Å². The highest BCUT2D eigenvalue weighted by Crippen LogP contribution is 2.48. The number of rotatable bonds is 11. The number of amides is 7. The Morgan fingerprint density at radius 3 is 1.80 bits per heavy atom. The number of likely N-dealkylation sites (N-methyl/N-ethyl adjacent to an activating group) is 1. The van der Waals surface area contributed by atoms with E-state index >= 15 is 9.59 Å². The van der Waals surface area contributed by atoms with Gasteiger partial charge in [0, 0.05) is 22.8 Å². The van der Waals surface area contributed by atoms with Crippen molar-refractivity contribution in [2.75, 3.05) is 28.4 Å². The molecule has 27 heteroatoms. The van der Waals surface area contributed by atoms with Crippen LogP contribution in [0.5, 0.6) is 46.0 Å². The number of benzene rings is 5. The van der Waals surface area contributed by atoms with E-state index < -0.39 is 125 Å². The lowest BCUT2D eigenvalue weighted by atomic mass is 9.89. The molecule has 0 unspecified atom stereocenters. The molecule has 5 aromatic carbocycles. The molecule has 0 spiro atoms. The number of phenolic OH excluding ortho intramolecular Hbond substituents is 1. The van der Waals surface area contributed by atoms with Gasteiger partial charge in [-0.05, 0) is 96.2 Å². The molecule has 5 aliphatic rings. The highest BCUT2D eigenvalue weighted by molar-refractivity contribution is 6.32. The lowest BCUT2D eigenvalue weighted by Crippen LogP contribution is -2.59. The highest BCUT2D eigenvalue weighted by atomic mass is 35.5. The van der Waals surface area contributed by atoms with Crippen molar-refractivity contribution in [1.29, 1.82) is 0 Å². The van der Waals surface area contributed by atoms with E-state index in [0.29, 0.717) is 0 Å². The summed E-state index contributed by atoms with van der Waals surface area (Å²) in [5.74, 6) is -11.8. The molecular formula is C56H58Cl2N8O17. The summed E-state index contributed by atoms with van der Waals surface area (Å²) in [6.07, 6.45) is -4.64. The van der Waals surface area contributed by atoms with Crippen molar-refractivity contribution in [3.8, 4) is 57.1 Å². The zero-order valence-corrected chi connectivity index (χ0v) is 46.6. The first-order valence-corrected chi connectivity index (χ1v) is 26.3. The number of nitrogens with two attached hydrogens (primary N) is 1. The van der Waals surface area contributed by atoms with Crippen molar-refractivity contribution in [1.82, 2.24) is 37.2 Å². The lowest BCUT2D eigenvalue weighted by Gasteiger charge is -2.31. The number of ether oxygens (including phenoxy) is 5. The molecule has 0 saturated carbocycles. The van der Waals surface area contributed by atoms with E-state index in [2.05, 4.69) is 37.2 Å². The molecular weight excluding hydrogens is 1130 g/mol. The number of fused-ring (bicyclic) bond motifs is 15. The molecule has 5 heterocycles. The van der Waals surface area contributed by atoms with Crippen LogP contribution < -0.4 is 66.6 Å². The van der Waals surface area contributed by atoms with Gasteiger partial charge in [0.1, 0.15) is 71.2 Å². The van der Waals surface area contributed by atoms with Crippen LogP contribution in [0.2, 0.25) is 10.0 Å². The summed E-state index contributed by atoms with van der Waals surface area (Å²) in [4.78, 5) is 115. The fraction of sp³-hybridized carbons (Fsp3) is 0.321. The van der Waals surface area contributed by atoms with Gasteiger partial charge in [0.15, 0.2) is 17.5 Å². The monoisotopic (exact) mass is 1180 g/mol. The molecule has 0 radical (unpaired) electrons. The van der Waals surface area contributed by atoms with Crippen LogP contribution in [0.15, 0.2) is 78.9 Å². The van der Waals surface area contributed by atoms with E-state index in [9.17, 15) is 49.2 Å². The summed E-state index contributed by atoms with van der Waals surface area (Å²) in [6.45, 7) is 3.71. The number of carbonyl (C=O) groups excluding carboxylic acids is 7. The minimum absolute atomic E-state index is 0.00494. The van der Waals surface area contributed by atoms with Gasteiger partial charge in [-0.2, -0.15) is 0 Å². The number of halogens is 2. The smallest absolute Gasteiger partial charge is 0.330 e. The molecule has 438 valence electrons. The SMILES string of the molecule is CN[C@H](CC(C)C)C(=O)N[C@H]1C(=O)N[C@@H](CC(N)=O)C(=O)N[C@H]2C(=O)N[C@H]3C(=O)N[C@H](C(=O)N[C@@H](C(=O)O)c4cc(OC)cc(OC)c4-c4cc3ccc4OC)[C@H](O)c3ccc(c(Cl)c3)Oc3cc2cc(c3O)Oc2ccc(cc2Cl)[C@H]1O. The molecule has 25 nitrogen and oxygen atoms in total. The molecule has 5 aromatic rings. The number of hydrogen-bond acceptors (Lipinski definition) is 17. The topological polar surface area (TPSA) is 374 Å². The number of hydrogen-bond donors (Lipinski definition) is 12. The van der Waals surface area contributed by atoms with E-state index in [1.165, 1.54) is 89.0 Å². The molecule has 11 bridgehead atoms. The van der Waals surface area contributed by atoms with Gasteiger partial charge in [-0.15, -0.1) is 0 Å². The summed E-state index contributed by atoms with van der Waals surface area (Å²) in [5.41, 5.74) is 5.01. The summed E-state index contributed by atoms with van der Waals surface area (Å²) in [5, 5.41) is 64.2. The van der Waals surface area contributed by atoms with E-state index in [1.807, 2.05) is 13.8 Å². The number of nitrogens with one attached hydrogen (secondary N) is 7. The minimum atomic E-state index is -2.11. The fourth-order valence-corrected chi connectivity index (χ4v) is 10.2. The third-order valence-electron chi connectivity index (χ3n) is 14.0. The first-order valence-electron chi connectivity index (χ1n) is 25.6. The average Bonchev–Trinajstić information content (AvgIpc) is 2.86. The van der Waals surface area contributed by atoms with Crippen LogP contribution in [0.1, 0.15) is 84.8 Å². The van der Waals surface area contributed by atoms with Crippen molar-refractivity contribution in [2.24, 2.45) is 11.7 Å². The Morgan fingerprint density at radius 2 is 1.24 bits per heavy atom. The zero-order chi connectivity index (χ0) is 60.3. The number of aromatic hydroxyl groups is 1. The number of aliphatic hydroxyl groups excluding tert-OH is 2. The fourth-order valence-electron chi connectivity index (χ4n) is 9.76. The molecule has 13 N–H and O–H groups in total. The maximum Gasteiger partial charge on any atom is 0.330 e. The molecule has 10 rings (SSSR count). The van der Waals surface area contributed by atoms with Crippen LogP contribution >= 0.6 is 23.2 Å². The Morgan fingerprint density at radius 1 is 0.663 bits per heavy atom. The number of methoxy groups -OCH3 is 3. The predicted molar refractivity (Wildman–Crippen MR) is 295 cm³/mol. The summed E-state index contributed by atoms with van der Waals surface area (Å²) < 4.78 is 29.4. The number of carbonyl (C=O) groups is 8. The van der Waals surface area contributed by atoms with Crippen LogP contribution in [-0.2, 0) is 38.4 Å². The van der Waals surface area contributed by atoms with Gasteiger partial charge in [-0.1, -0.05) is 55.2 Å². The molecule has 0 aliphatic carbocycles. The van der Waals surface area contributed by atoms with Crippen molar-refractivity contribution in [3.05, 3.63) is 117 Å². The zero-order valence-electron chi connectivity index (χ0n) is 45.1. The van der Waals surface area contributed by atoms with Crippen molar-refractivity contribution >= 4 is 70.5 Å². The second kappa shape index (κ2) is 25.1. The second-order valence-electron chi connectivity index (χ2n) is 19.9. The second-order valence-corrected chi connectivity index (χ2v) is 20.7. The van der Waals surface area contributed by atoms with Crippen LogP contribution in [0.25, 0.3) is 11.1 Å². The van der Waals surface area contributed by atoms with Crippen LogP contribution in [0, 0.1) is 5.92 Å². The number of phenols is 1. The summed E-state index contributed by atoms with van der Waals surface area (Å²) in [6, 6.07) is 3.48. The van der Waals surface area contributed by atoms with E-state index in [1.54, 1.807) is 0 Å². The Bertz CT molecular complexity index is 3440. The number of aliphatic carboxylic acids is 1. The number of aliphatic hydroxyl groups is 2. The minimum Gasteiger partial charge on any atom is -0.502 e. The molecule has 0 fully saturated rings. The number of carboxylic acids is 1. The van der Waals surface area contributed by atoms with E-state index in [4.69, 9.17) is 52.6 Å². The third kappa shape index (κ3) is 12.8. The predicted octanol–water partition coefficient (Wildman–Crippen LogP) is 3.30. The summed E-state index contributed by atoms with van der Waals surface area (Å²) >= 11 is 13.6.